The number of fused-ring (bicyclic) bond motifs is 1. The number of thiazole rings is 1. The van der Waals surface area contributed by atoms with E-state index < -0.39 is 0 Å². The molecule has 1 aromatic carbocycles. The maximum atomic E-state index is 6.15. The summed E-state index contributed by atoms with van der Waals surface area (Å²) in [5.41, 5.74) is 9.04. The van der Waals surface area contributed by atoms with Crippen LogP contribution in [0.3, 0.4) is 0 Å². The lowest BCUT2D eigenvalue weighted by molar-refractivity contribution is 0.189. The Morgan fingerprint density at radius 2 is 2.17 bits per heavy atom. The second-order valence-corrected chi connectivity index (χ2v) is 7.30. The van der Waals surface area contributed by atoms with Crippen molar-refractivity contribution in [2.75, 3.05) is 23.7 Å². The summed E-state index contributed by atoms with van der Waals surface area (Å²) in [6, 6.07) is 6.37. The van der Waals surface area contributed by atoms with Gasteiger partial charge in [0.1, 0.15) is 11.9 Å². The maximum Gasteiger partial charge on any atom is 0.180 e. The van der Waals surface area contributed by atoms with Crippen molar-refractivity contribution < 1.29 is 4.74 Å². The molecule has 1 aliphatic rings. The minimum atomic E-state index is 0.282. The lowest BCUT2D eigenvalue weighted by Crippen LogP contribution is -2.40. The molecular weight excluding hydrogens is 318 g/mol. The van der Waals surface area contributed by atoms with E-state index in [2.05, 4.69) is 41.9 Å². The minimum absolute atomic E-state index is 0.282. The summed E-state index contributed by atoms with van der Waals surface area (Å²) in [6.45, 7) is 6.51. The Morgan fingerprint density at radius 1 is 1.29 bits per heavy atom. The molecule has 1 unspecified atom stereocenters. The summed E-state index contributed by atoms with van der Waals surface area (Å²) in [5.74, 6) is 0.996. The van der Waals surface area contributed by atoms with Crippen LogP contribution in [0.2, 0.25) is 0 Å². The van der Waals surface area contributed by atoms with E-state index in [4.69, 9.17) is 10.5 Å². The summed E-state index contributed by atoms with van der Waals surface area (Å²) in [7, 11) is 0. The number of aromatic nitrogens is 1. The molecule has 5 heteroatoms. The van der Waals surface area contributed by atoms with E-state index in [0.717, 1.165) is 36.5 Å². The molecule has 130 valence electrons. The van der Waals surface area contributed by atoms with E-state index in [1.807, 2.05) is 5.38 Å². The number of hydrogen-bond donors (Lipinski definition) is 1. The van der Waals surface area contributed by atoms with Crippen LogP contribution < -0.4 is 15.4 Å². The first-order chi connectivity index (χ1) is 11.7. The van der Waals surface area contributed by atoms with Crippen LogP contribution in [-0.4, -0.2) is 24.2 Å². The van der Waals surface area contributed by atoms with E-state index in [0.29, 0.717) is 5.13 Å². The van der Waals surface area contributed by atoms with Crippen molar-refractivity contribution in [3.63, 3.8) is 0 Å². The first-order valence-corrected chi connectivity index (χ1v) is 9.86. The molecule has 2 aromatic rings. The average Bonchev–Trinajstić information content (AvgIpc) is 3.04. The van der Waals surface area contributed by atoms with E-state index in [1.54, 1.807) is 0 Å². The number of unbranched alkanes of at least 4 members (excludes halogenated alkanes) is 3. The predicted molar refractivity (Wildman–Crippen MR) is 103 cm³/mol. The molecule has 3 rings (SSSR count). The zero-order chi connectivity index (χ0) is 16.9. The molecule has 0 fully saturated rings. The highest BCUT2D eigenvalue weighted by Gasteiger charge is 2.25. The van der Waals surface area contributed by atoms with Crippen LogP contribution in [0, 0.1) is 0 Å². The van der Waals surface area contributed by atoms with E-state index in [-0.39, 0.29) is 6.10 Å². The second-order valence-electron chi connectivity index (χ2n) is 6.41. The third-order valence-corrected chi connectivity index (χ3v) is 5.25. The molecule has 4 nitrogen and oxygen atoms in total. The molecule has 0 saturated carbocycles. The SMILES string of the molecule is CCCCCCN1CC(CC)Oc2ccc(-c3csc(N)n3)cc21. The molecule has 1 aliphatic heterocycles. The highest BCUT2D eigenvalue weighted by atomic mass is 32.1. The van der Waals surface area contributed by atoms with E-state index >= 15 is 0 Å². The Labute approximate surface area is 148 Å². The van der Waals surface area contributed by atoms with Crippen LogP contribution in [0.15, 0.2) is 23.6 Å². The number of benzene rings is 1. The maximum absolute atomic E-state index is 6.15. The Bertz CT molecular complexity index is 670. The third-order valence-electron chi connectivity index (χ3n) is 4.57. The Balaban J connectivity index is 1.83. The summed E-state index contributed by atoms with van der Waals surface area (Å²) in [4.78, 5) is 6.90. The van der Waals surface area contributed by atoms with Crippen LogP contribution >= 0.6 is 11.3 Å². The number of anilines is 2. The number of nitrogens with two attached hydrogens (primary N) is 1. The van der Waals surface area contributed by atoms with E-state index in [1.165, 1.54) is 42.7 Å². The van der Waals surface area contributed by atoms with Crippen molar-refractivity contribution in [3.8, 4) is 17.0 Å². The fourth-order valence-electron chi connectivity index (χ4n) is 3.16. The second kappa shape index (κ2) is 7.88. The molecule has 1 atom stereocenters. The topological polar surface area (TPSA) is 51.4 Å². The quantitative estimate of drug-likeness (QED) is 0.721. The van der Waals surface area contributed by atoms with Crippen LogP contribution in [-0.2, 0) is 0 Å². The fourth-order valence-corrected chi connectivity index (χ4v) is 3.73. The number of ether oxygens (including phenoxy) is 1. The zero-order valence-corrected chi connectivity index (χ0v) is 15.4. The van der Waals surface area contributed by atoms with Crippen molar-refractivity contribution in [1.29, 1.82) is 0 Å². The summed E-state index contributed by atoms with van der Waals surface area (Å²) < 4.78 is 6.15. The van der Waals surface area contributed by atoms with Gasteiger partial charge in [-0.3, -0.25) is 0 Å². The van der Waals surface area contributed by atoms with Crippen LogP contribution in [0.5, 0.6) is 5.75 Å². The van der Waals surface area contributed by atoms with Gasteiger partial charge in [0, 0.05) is 17.5 Å². The predicted octanol–water partition coefficient (Wildman–Crippen LogP) is 4.95. The molecule has 2 N–H and O–H groups in total. The molecule has 0 aliphatic carbocycles. The monoisotopic (exact) mass is 345 g/mol. The van der Waals surface area contributed by atoms with Crippen molar-refractivity contribution in [2.24, 2.45) is 0 Å². The molecule has 24 heavy (non-hydrogen) atoms. The third kappa shape index (κ3) is 3.83. The molecule has 1 aromatic heterocycles. The van der Waals surface area contributed by atoms with Crippen molar-refractivity contribution >= 4 is 22.2 Å². The van der Waals surface area contributed by atoms with Gasteiger partial charge in [-0.2, -0.15) is 0 Å². The smallest absolute Gasteiger partial charge is 0.180 e. The minimum Gasteiger partial charge on any atom is -0.486 e. The highest BCUT2D eigenvalue weighted by Crippen LogP contribution is 2.38. The van der Waals surface area contributed by atoms with Gasteiger partial charge in [-0.05, 0) is 31.0 Å². The lowest BCUT2D eigenvalue weighted by atomic mass is 10.1. The van der Waals surface area contributed by atoms with Gasteiger partial charge in [0.05, 0.1) is 17.9 Å². The van der Waals surface area contributed by atoms with Gasteiger partial charge < -0.3 is 15.4 Å². The van der Waals surface area contributed by atoms with Gasteiger partial charge in [-0.15, -0.1) is 11.3 Å². The summed E-state index contributed by atoms with van der Waals surface area (Å²) >= 11 is 1.48. The summed E-state index contributed by atoms with van der Waals surface area (Å²) in [5, 5.41) is 2.63. The molecular formula is C19H27N3OS. The summed E-state index contributed by atoms with van der Waals surface area (Å²) in [6.07, 6.45) is 6.43. The Hall–Kier alpha value is -1.75. The Kier molecular flexibility index (Phi) is 5.61. The Morgan fingerprint density at radius 3 is 2.88 bits per heavy atom. The first-order valence-electron chi connectivity index (χ1n) is 8.98. The molecule has 0 radical (unpaired) electrons. The van der Waals surface area contributed by atoms with Crippen molar-refractivity contribution in [2.45, 2.75) is 52.1 Å². The zero-order valence-electron chi connectivity index (χ0n) is 14.6. The van der Waals surface area contributed by atoms with Crippen LogP contribution in [0.25, 0.3) is 11.3 Å². The van der Waals surface area contributed by atoms with E-state index in [9.17, 15) is 0 Å². The van der Waals surface area contributed by atoms with Gasteiger partial charge in [0.25, 0.3) is 0 Å². The van der Waals surface area contributed by atoms with Gasteiger partial charge >= 0.3 is 0 Å². The highest BCUT2D eigenvalue weighted by molar-refractivity contribution is 7.13. The standard InChI is InChI=1S/C19H27N3OS/c1-3-5-6-7-10-22-12-15(4-2)23-18-9-8-14(11-17(18)22)16-13-24-19(20)21-16/h8-9,11,13,15H,3-7,10,12H2,1-2H3,(H2,20,21). The normalized spacial score (nSPS) is 16.8. The van der Waals surface area contributed by atoms with Gasteiger partial charge in [-0.25, -0.2) is 4.98 Å². The molecule has 2 heterocycles. The van der Waals surface area contributed by atoms with Crippen LogP contribution in [0.1, 0.15) is 46.0 Å². The van der Waals surface area contributed by atoms with Gasteiger partial charge in [0.15, 0.2) is 5.13 Å². The fraction of sp³-hybridized carbons (Fsp3) is 0.526. The number of rotatable bonds is 7. The van der Waals surface area contributed by atoms with Crippen molar-refractivity contribution in [3.05, 3.63) is 23.6 Å². The number of hydrogen-bond acceptors (Lipinski definition) is 5. The first kappa shape index (κ1) is 17.1. The number of nitrogen functional groups attached to an aromatic ring is 1. The van der Waals surface area contributed by atoms with Gasteiger partial charge in [-0.1, -0.05) is 33.1 Å². The number of nitrogens with zero attached hydrogens (tertiary/aromatic N) is 2. The largest absolute Gasteiger partial charge is 0.486 e. The lowest BCUT2D eigenvalue weighted by Gasteiger charge is -2.36. The van der Waals surface area contributed by atoms with Crippen molar-refractivity contribution in [1.82, 2.24) is 4.98 Å². The van der Waals surface area contributed by atoms with Crippen LogP contribution in [0.4, 0.5) is 10.8 Å². The molecule has 0 amide bonds. The molecule has 0 saturated heterocycles. The molecule has 0 bridgehead atoms. The van der Waals surface area contributed by atoms with Gasteiger partial charge in [0.2, 0.25) is 0 Å². The molecule has 0 spiro atoms. The average molecular weight is 346 g/mol.